The van der Waals surface area contributed by atoms with Crippen LogP contribution < -0.4 is 10.1 Å². The van der Waals surface area contributed by atoms with E-state index >= 15 is 0 Å². The molecule has 0 aliphatic rings. The molecule has 2 N–H and O–H groups in total. The van der Waals surface area contributed by atoms with Crippen molar-refractivity contribution in [3.8, 4) is 5.75 Å². The van der Waals surface area contributed by atoms with Gasteiger partial charge < -0.3 is 19.7 Å². The Kier molecular flexibility index (Phi) is 4.04. The second-order valence-electron chi connectivity index (χ2n) is 5.30. The fourth-order valence-corrected chi connectivity index (χ4v) is 2.68. The molecule has 0 spiro atoms. The third-order valence-electron chi connectivity index (χ3n) is 3.88. The molecule has 0 saturated carbocycles. The Morgan fingerprint density at radius 3 is 2.83 bits per heavy atom. The Hall–Kier alpha value is -2.79. The van der Waals surface area contributed by atoms with Crippen molar-refractivity contribution < 1.29 is 14.6 Å². The van der Waals surface area contributed by atoms with Crippen molar-refractivity contribution in [1.29, 1.82) is 0 Å². The minimum Gasteiger partial charge on any atom is -0.496 e. The summed E-state index contributed by atoms with van der Waals surface area (Å²) >= 11 is 0. The van der Waals surface area contributed by atoms with E-state index in [1.54, 1.807) is 31.4 Å². The van der Waals surface area contributed by atoms with Gasteiger partial charge in [0.05, 0.1) is 13.7 Å². The molecule has 0 aliphatic heterocycles. The molecule has 0 saturated heterocycles. The molecule has 0 unspecified atom stereocenters. The van der Waals surface area contributed by atoms with Gasteiger partial charge in [-0.3, -0.25) is 4.79 Å². The number of aryl methyl sites for hydroxylation is 1. The number of anilines is 1. The van der Waals surface area contributed by atoms with Gasteiger partial charge in [-0.15, -0.1) is 0 Å². The number of carbonyl (C=O) groups is 1. The highest BCUT2D eigenvalue weighted by Crippen LogP contribution is 2.24. The first-order chi connectivity index (χ1) is 11.1. The molecule has 23 heavy (non-hydrogen) atoms. The van der Waals surface area contributed by atoms with Crippen LogP contribution in [-0.4, -0.2) is 22.7 Å². The van der Waals surface area contributed by atoms with Crippen LogP contribution in [0.15, 0.2) is 48.7 Å². The minimum absolute atomic E-state index is 0.152. The second kappa shape index (κ2) is 6.14. The fourth-order valence-electron chi connectivity index (χ4n) is 2.68. The van der Waals surface area contributed by atoms with Gasteiger partial charge in [0.1, 0.15) is 5.75 Å². The lowest BCUT2D eigenvalue weighted by atomic mass is 10.1. The quantitative estimate of drug-likeness (QED) is 0.779. The molecule has 1 amide bonds. The first kappa shape index (κ1) is 15.1. The molecule has 118 valence electrons. The van der Waals surface area contributed by atoms with Crippen molar-refractivity contribution in [3.05, 3.63) is 59.8 Å². The number of aliphatic hydroxyl groups is 1. The number of aliphatic hydroxyl groups excluding tert-OH is 1. The molecule has 3 rings (SSSR count). The SMILES string of the molecule is COc1ccc(NC(=O)c2cccc3c2ccn3C)cc1CO. The molecule has 1 aromatic heterocycles. The van der Waals surface area contributed by atoms with Gasteiger partial charge in [-0.25, -0.2) is 0 Å². The monoisotopic (exact) mass is 310 g/mol. The summed E-state index contributed by atoms with van der Waals surface area (Å²) in [5.74, 6) is 0.409. The largest absolute Gasteiger partial charge is 0.496 e. The molecule has 0 fully saturated rings. The van der Waals surface area contributed by atoms with E-state index in [-0.39, 0.29) is 12.5 Å². The van der Waals surface area contributed by atoms with E-state index in [2.05, 4.69) is 5.32 Å². The van der Waals surface area contributed by atoms with Gasteiger partial charge in [0.25, 0.3) is 5.91 Å². The van der Waals surface area contributed by atoms with Crippen LogP contribution in [0.25, 0.3) is 10.9 Å². The van der Waals surface area contributed by atoms with Crippen LogP contribution in [0, 0.1) is 0 Å². The fraction of sp³-hybridized carbons (Fsp3) is 0.167. The maximum Gasteiger partial charge on any atom is 0.256 e. The highest BCUT2D eigenvalue weighted by Gasteiger charge is 2.12. The normalized spacial score (nSPS) is 10.7. The zero-order chi connectivity index (χ0) is 16.4. The summed E-state index contributed by atoms with van der Waals surface area (Å²) < 4.78 is 7.14. The summed E-state index contributed by atoms with van der Waals surface area (Å²) in [4.78, 5) is 12.6. The van der Waals surface area contributed by atoms with Gasteiger partial charge in [-0.2, -0.15) is 0 Å². The lowest BCUT2D eigenvalue weighted by Gasteiger charge is -2.11. The Morgan fingerprint density at radius 2 is 2.09 bits per heavy atom. The number of hydrogen-bond acceptors (Lipinski definition) is 3. The molecular weight excluding hydrogens is 292 g/mol. The molecule has 0 atom stereocenters. The Bertz CT molecular complexity index is 868. The first-order valence-corrected chi connectivity index (χ1v) is 7.27. The van der Waals surface area contributed by atoms with Gasteiger partial charge in [0, 0.05) is 41.0 Å². The second-order valence-corrected chi connectivity index (χ2v) is 5.30. The minimum atomic E-state index is -0.184. The van der Waals surface area contributed by atoms with E-state index in [4.69, 9.17) is 4.74 Å². The van der Waals surface area contributed by atoms with Crippen LogP contribution in [0.4, 0.5) is 5.69 Å². The van der Waals surface area contributed by atoms with Crippen molar-refractivity contribution in [3.63, 3.8) is 0 Å². The van der Waals surface area contributed by atoms with Crippen molar-refractivity contribution >= 4 is 22.5 Å². The lowest BCUT2D eigenvalue weighted by Crippen LogP contribution is -2.12. The van der Waals surface area contributed by atoms with Crippen LogP contribution in [0.3, 0.4) is 0 Å². The smallest absolute Gasteiger partial charge is 0.256 e. The van der Waals surface area contributed by atoms with Gasteiger partial charge in [-0.1, -0.05) is 6.07 Å². The predicted molar refractivity (Wildman–Crippen MR) is 89.8 cm³/mol. The standard InChI is InChI=1S/C18H18N2O3/c1-20-9-8-14-15(4-3-5-16(14)20)18(22)19-13-6-7-17(23-2)12(10-13)11-21/h3-10,21H,11H2,1-2H3,(H,19,22). The van der Waals surface area contributed by atoms with Crippen LogP contribution >= 0.6 is 0 Å². The predicted octanol–water partition coefficient (Wildman–Crippen LogP) is 2.93. The van der Waals surface area contributed by atoms with Gasteiger partial charge in [-0.05, 0) is 36.4 Å². The van der Waals surface area contributed by atoms with Crippen molar-refractivity contribution in [2.24, 2.45) is 7.05 Å². The number of hydrogen-bond donors (Lipinski definition) is 2. The topological polar surface area (TPSA) is 63.5 Å². The van der Waals surface area contributed by atoms with Gasteiger partial charge >= 0.3 is 0 Å². The maximum absolute atomic E-state index is 12.6. The van der Waals surface area contributed by atoms with Crippen LogP contribution in [0.5, 0.6) is 5.75 Å². The Morgan fingerprint density at radius 1 is 1.26 bits per heavy atom. The van der Waals surface area contributed by atoms with E-state index in [1.165, 1.54) is 0 Å². The number of nitrogens with one attached hydrogen (secondary N) is 1. The number of nitrogens with zero attached hydrogens (tertiary/aromatic N) is 1. The number of carbonyl (C=O) groups excluding carboxylic acids is 1. The number of fused-ring (bicyclic) bond motifs is 1. The van der Waals surface area contributed by atoms with E-state index in [1.807, 2.05) is 36.0 Å². The highest BCUT2D eigenvalue weighted by molar-refractivity contribution is 6.12. The van der Waals surface area contributed by atoms with Crippen molar-refractivity contribution in [1.82, 2.24) is 4.57 Å². The van der Waals surface area contributed by atoms with Gasteiger partial charge in [0.2, 0.25) is 0 Å². The number of benzene rings is 2. The molecule has 0 aliphatic carbocycles. The number of ether oxygens (including phenoxy) is 1. The molecule has 2 aromatic carbocycles. The van der Waals surface area contributed by atoms with Crippen LogP contribution in [0.2, 0.25) is 0 Å². The molecule has 0 bridgehead atoms. The number of methoxy groups -OCH3 is 1. The summed E-state index contributed by atoms with van der Waals surface area (Å²) in [5, 5.41) is 13.2. The molecule has 0 radical (unpaired) electrons. The average Bonchev–Trinajstić information content (AvgIpc) is 2.96. The first-order valence-electron chi connectivity index (χ1n) is 7.27. The molecule has 5 nitrogen and oxygen atoms in total. The maximum atomic E-state index is 12.6. The zero-order valence-electron chi connectivity index (χ0n) is 13.0. The molecule has 3 aromatic rings. The van der Waals surface area contributed by atoms with Gasteiger partial charge in [0.15, 0.2) is 0 Å². The number of rotatable bonds is 4. The Labute approximate surface area is 134 Å². The average molecular weight is 310 g/mol. The number of amides is 1. The third-order valence-corrected chi connectivity index (χ3v) is 3.88. The third kappa shape index (κ3) is 2.78. The summed E-state index contributed by atoms with van der Waals surface area (Å²) in [6.07, 6.45) is 1.93. The summed E-state index contributed by atoms with van der Waals surface area (Å²) in [5.41, 5.74) is 2.86. The highest BCUT2D eigenvalue weighted by atomic mass is 16.5. The molecule has 1 heterocycles. The lowest BCUT2D eigenvalue weighted by molar-refractivity contribution is 0.102. The summed E-state index contributed by atoms with van der Waals surface area (Å²) in [6.45, 7) is -0.152. The molecular formula is C18H18N2O3. The van der Waals surface area contributed by atoms with E-state index in [9.17, 15) is 9.90 Å². The van der Waals surface area contributed by atoms with E-state index in [0.717, 1.165) is 10.9 Å². The van der Waals surface area contributed by atoms with E-state index < -0.39 is 0 Å². The van der Waals surface area contributed by atoms with Crippen molar-refractivity contribution in [2.45, 2.75) is 6.61 Å². The summed E-state index contributed by atoms with van der Waals surface area (Å²) in [6, 6.07) is 12.8. The number of aromatic nitrogens is 1. The summed E-state index contributed by atoms with van der Waals surface area (Å²) in [7, 11) is 3.49. The van der Waals surface area contributed by atoms with Crippen LogP contribution in [-0.2, 0) is 13.7 Å². The Balaban J connectivity index is 1.92. The van der Waals surface area contributed by atoms with Crippen LogP contribution in [0.1, 0.15) is 15.9 Å². The molecule has 5 heteroatoms. The van der Waals surface area contributed by atoms with Crippen molar-refractivity contribution in [2.75, 3.05) is 12.4 Å². The van der Waals surface area contributed by atoms with E-state index in [0.29, 0.717) is 22.6 Å². The zero-order valence-corrected chi connectivity index (χ0v) is 13.0.